The van der Waals surface area contributed by atoms with Crippen LogP contribution in [0.15, 0.2) is 48.5 Å². The van der Waals surface area contributed by atoms with Gasteiger partial charge in [0.1, 0.15) is 0 Å². The molecule has 6 heteroatoms. The molecule has 130 valence electrons. The molecule has 0 aliphatic carbocycles. The lowest BCUT2D eigenvalue weighted by molar-refractivity contribution is 0.289. The summed E-state index contributed by atoms with van der Waals surface area (Å²) in [6.07, 6.45) is 0.401. The van der Waals surface area contributed by atoms with Crippen molar-refractivity contribution >= 4 is 10.1 Å². The van der Waals surface area contributed by atoms with Gasteiger partial charge in [-0.3, -0.25) is 4.18 Å². The quantitative estimate of drug-likeness (QED) is 0.684. The van der Waals surface area contributed by atoms with Gasteiger partial charge in [0, 0.05) is 5.56 Å². The van der Waals surface area contributed by atoms with Crippen LogP contribution in [0.2, 0.25) is 0 Å². The van der Waals surface area contributed by atoms with Gasteiger partial charge in [0.25, 0.3) is 10.1 Å². The van der Waals surface area contributed by atoms with Crippen molar-refractivity contribution in [1.29, 1.82) is 0 Å². The summed E-state index contributed by atoms with van der Waals surface area (Å²) in [5.74, 6) is 1.01. The molecule has 5 nitrogen and oxygen atoms in total. The molecule has 0 amide bonds. The molecule has 0 saturated heterocycles. The SMILES string of the molecule is COc1cccc(COS(=O)(=O)C(C)Cc2ccccc2)c1OC. The Balaban J connectivity index is 2.07. The highest BCUT2D eigenvalue weighted by Crippen LogP contribution is 2.31. The predicted octanol–water partition coefficient (Wildman–Crippen LogP) is 3.18. The monoisotopic (exact) mass is 350 g/mol. The Labute approximate surface area is 143 Å². The molecule has 24 heavy (non-hydrogen) atoms. The molecule has 0 spiro atoms. The molecule has 1 unspecified atom stereocenters. The van der Waals surface area contributed by atoms with E-state index in [4.69, 9.17) is 13.7 Å². The lowest BCUT2D eigenvalue weighted by atomic mass is 10.1. The zero-order valence-corrected chi connectivity index (χ0v) is 14.9. The van der Waals surface area contributed by atoms with E-state index in [2.05, 4.69) is 0 Å². The summed E-state index contributed by atoms with van der Waals surface area (Å²) < 4.78 is 40.5. The van der Waals surface area contributed by atoms with Gasteiger partial charge in [-0.25, -0.2) is 0 Å². The van der Waals surface area contributed by atoms with Gasteiger partial charge in [0.05, 0.1) is 26.1 Å². The maximum absolute atomic E-state index is 12.4. The van der Waals surface area contributed by atoms with E-state index in [-0.39, 0.29) is 6.61 Å². The van der Waals surface area contributed by atoms with Gasteiger partial charge in [-0.2, -0.15) is 8.42 Å². The van der Waals surface area contributed by atoms with Crippen molar-refractivity contribution in [2.75, 3.05) is 14.2 Å². The molecule has 2 aromatic carbocycles. The lowest BCUT2D eigenvalue weighted by Gasteiger charge is -2.15. The highest BCUT2D eigenvalue weighted by Gasteiger charge is 2.23. The zero-order chi connectivity index (χ0) is 17.6. The third-order valence-electron chi connectivity index (χ3n) is 3.72. The summed E-state index contributed by atoms with van der Waals surface area (Å²) in [5, 5.41) is -0.642. The van der Waals surface area contributed by atoms with Gasteiger partial charge in [-0.1, -0.05) is 42.5 Å². The molecule has 0 saturated carbocycles. The van der Waals surface area contributed by atoms with Crippen molar-refractivity contribution in [2.45, 2.75) is 25.2 Å². The summed E-state index contributed by atoms with van der Waals surface area (Å²) in [4.78, 5) is 0. The fraction of sp³-hybridized carbons (Fsp3) is 0.333. The minimum atomic E-state index is -3.70. The highest BCUT2D eigenvalue weighted by atomic mass is 32.2. The van der Waals surface area contributed by atoms with Crippen LogP contribution in [0.4, 0.5) is 0 Å². The molecule has 0 fully saturated rings. The van der Waals surface area contributed by atoms with E-state index in [0.717, 1.165) is 5.56 Å². The molecule has 0 heterocycles. The fourth-order valence-electron chi connectivity index (χ4n) is 2.38. The molecular weight excluding hydrogens is 328 g/mol. The Kier molecular flexibility index (Phi) is 6.23. The average Bonchev–Trinajstić information content (AvgIpc) is 2.60. The largest absolute Gasteiger partial charge is 0.493 e. The molecule has 0 aliphatic rings. The summed E-state index contributed by atoms with van der Waals surface area (Å²) in [6.45, 7) is 1.55. The number of hydrogen-bond acceptors (Lipinski definition) is 5. The number of rotatable bonds is 8. The van der Waals surface area contributed by atoms with Gasteiger partial charge in [-0.15, -0.1) is 0 Å². The Bertz CT molecular complexity index is 756. The molecule has 2 aromatic rings. The number of para-hydroxylation sites is 1. The smallest absolute Gasteiger partial charge is 0.270 e. The van der Waals surface area contributed by atoms with Gasteiger partial charge >= 0.3 is 0 Å². The molecule has 0 bridgehead atoms. The van der Waals surface area contributed by atoms with Crippen LogP contribution in [-0.4, -0.2) is 27.9 Å². The minimum absolute atomic E-state index is 0.0954. The first-order valence-corrected chi connectivity index (χ1v) is 9.07. The third-order valence-corrected chi connectivity index (χ3v) is 5.32. The van der Waals surface area contributed by atoms with Crippen LogP contribution >= 0.6 is 0 Å². The minimum Gasteiger partial charge on any atom is -0.493 e. The lowest BCUT2D eigenvalue weighted by Crippen LogP contribution is -2.22. The maximum Gasteiger partial charge on any atom is 0.270 e. The molecule has 0 aromatic heterocycles. The average molecular weight is 350 g/mol. The van der Waals surface area contributed by atoms with Gasteiger partial charge in [0.15, 0.2) is 11.5 Å². The normalized spacial score (nSPS) is 12.6. The number of benzene rings is 2. The van der Waals surface area contributed by atoms with Crippen LogP contribution < -0.4 is 9.47 Å². The van der Waals surface area contributed by atoms with Crippen molar-refractivity contribution in [1.82, 2.24) is 0 Å². The standard InChI is InChI=1S/C18H22O5S/c1-14(12-15-8-5-4-6-9-15)24(19,20)23-13-16-10-7-11-17(21-2)18(16)22-3/h4-11,14H,12-13H2,1-3H3. The van der Waals surface area contributed by atoms with Crippen molar-refractivity contribution < 1.29 is 22.1 Å². The summed E-state index contributed by atoms with van der Waals surface area (Å²) in [7, 11) is -0.661. The van der Waals surface area contributed by atoms with Crippen molar-refractivity contribution in [3.05, 3.63) is 59.7 Å². The first-order chi connectivity index (χ1) is 11.5. The van der Waals surface area contributed by atoms with E-state index in [1.807, 2.05) is 30.3 Å². The van der Waals surface area contributed by atoms with E-state index < -0.39 is 15.4 Å². The topological polar surface area (TPSA) is 61.8 Å². The summed E-state index contributed by atoms with van der Waals surface area (Å²) >= 11 is 0. The second-order valence-electron chi connectivity index (χ2n) is 5.41. The Morgan fingerprint density at radius 1 is 0.958 bits per heavy atom. The van der Waals surface area contributed by atoms with E-state index in [0.29, 0.717) is 23.5 Å². The second-order valence-corrected chi connectivity index (χ2v) is 7.43. The van der Waals surface area contributed by atoms with Crippen molar-refractivity contribution in [3.63, 3.8) is 0 Å². The summed E-state index contributed by atoms with van der Waals surface area (Å²) in [6, 6.07) is 14.7. The van der Waals surface area contributed by atoms with Crippen LogP contribution in [0.5, 0.6) is 11.5 Å². The van der Waals surface area contributed by atoms with Crippen LogP contribution in [-0.2, 0) is 27.3 Å². The molecule has 0 aliphatic heterocycles. The molecule has 2 rings (SSSR count). The Morgan fingerprint density at radius 3 is 2.29 bits per heavy atom. The van der Waals surface area contributed by atoms with E-state index >= 15 is 0 Å². The fourth-order valence-corrected chi connectivity index (χ4v) is 3.30. The first-order valence-electron chi connectivity index (χ1n) is 7.60. The van der Waals surface area contributed by atoms with Crippen LogP contribution in [0.25, 0.3) is 0 Å². The van der Waals surface area contributed by atoms with Gasteiger partial charge in [0.2, 0.25) is 0 Å². The van der Waals surface area contributed by atoms with E-state index in [1.54, 1.807) is 25.1 Å². The summed E-state index contributed by atoms with van der Waals surface area (Å²) in [5.41, 5.74) is 1.57. The van der Waals surface area contributed by atoms with E-state index in [1.165, 1.54) is 14.2 Å². The van der Waals surface area contributed by atoms with Crippen LogP contribution in [0.3, 0.4) is 0 Å². The number of ether oxygens (including phenoxy) is 2. The number of methoxy groups -OCH3 is 2. The highest BCUT2D eigenvalue weighted by molar-refractivity contribution is 7.87. The van der Waals surface area contributed by atoms with Crippen LogP contribution in [0, 0.1) is 0 Å². The molecular formula is C18H22O5S. The molecule has 1 atom stereocenters. The molecule has 0 N–H and O–H groups in total. The second kappa shape index (κ2) is 8.17. The third kappa shape index (κ3) is 4.49. The Hall–Kier alpha value is -2.05. The Morgan fingerprint density at radius 2 is 1.67 bits per heavy atom. The predicted molar refractivity (Wildman–Crippen MR) is 92.9 cm³/mol. The zero-order valence-electron chi connectivity index (χ0n) is 14.1. The first kappa shape index (κ1) is 18.3. The molecule has 0 radical (unpaired) electrons. The van der Waals surface area contributed by atoms with Crippen molar-refractivity contribution in [3.8, 4) is 11.5 Å². The van der Waals surface area contributed by atoms with Gasteiger partial charge < -0.3 is 9.47 Å². The maximum atomic E-state index is 12.4. The van der Waals surface area contributed by atoms with E-state index in [9.17, 15) is 8.42 Å². The van der Waals surface area contributed by atoms with Gasteiger partial charge in [-0.05, 0) is 25.0 Å². The van der Waals surface area contributed by atoms with Crippen molar-refractivity contribution in [2.24, 2.45) is 0 Å². The van der Waals surface area contributed by atoms with Crippen LogP contribution in [0.1, 0.15) is 18.1 Å². The number of hydrogen-bond donors (Lipinski definition) is 0.